The predicted molar refractivity (Wildman–Crippen MR) is 77.3 cm³/mol. The molecule has 1 heterocycles. The molecule has 3 nitrogen and oxygen atoms in total. The van der Waals surface area contributed by atoms with Gasteiger partial charge in [0, 0.05) is 6.54 Å². The molecule has 1 aromatic rings. The maximum Gasteiger partial charge on any atom is 0.199 e. The number of benzene rings is 1. The first-order chi connectivity index (χ1) is 8.74. The molecule has 0 saturated carbocycles. The fourth-order valence-electron chi connectivity index (χ4n) is 1.95. The standard InChI is InChI=1S/C14H16ClN3/c1-3-4-10-18(14-16-8-9-17-14)13-11(2)6-5-7-12(13)15/h5-7H,8-10H2,1-2H3,(H,16,17). The SMILES string of the molecule is CC#CCN(C1=NCCN1)c1c(C)cccc1Cl. The number of aliphatic imine (C=N–C) groups is 1. The summed E-state index contributed by atoms with van der Waals surface area (Å²) in [6.45, 7) is 6.14. The van der Waals surface area contributed by atoms with Crippen molar-refractivity contribution >= 4 is 23.2 Å². The topological polar surface area (TPSA) is 27.6 Å². The number of rotatable bonds is 2. The number of anilines is 1. The summed E-state index contributed by atoms with van der Waals surface area (Å²) >= 11 is 6.31. The third kappa shape index (κ3) is 2.60. The highest BCUT2D eigenvalue weighted by Gasteiger charge is 2.19. The maximum atomic E-state index is 6.31. The lowest BCUT2D eigenvalue weighted by atomic mass is 10.2. The highest BCUT2D eigenvalue weighted by Crippen LogP contribution is 2.29. The quantitative estimate of drug-likeness (QED) is 0.828. The third-order valence-electron chi connectivity index (χ3n) is 2.78. The molecule has 0 amide bonds. The zero-order valence-electron chi connectivity index (χ0n) is 10.6. The van der Waals surface area contributed by atoms with E-state index in [1.807, 2.05) is 36.9 Å². The van der Waals surface area contributed by atoms with Crippen molar-refractivity contribution in [1.82, 2.24) is 5.32 Å². The van der Waals surface area contributed by atoms with E-state index < -0.39 is 0 Å². The van der Waals surface area contributed by atoms with Crippen LogP contribution in [0.25, 0.3) is 0 Å². The summed E-state index contributed by atoms with van der Waals surface area (Å²) in [5.74, 6) is 6.84. The van der Waals surface area contributed by atoms with Gasteiger partial charge in [-0.1, -0.05) is 29.7 Å². The zero-order valence-corrected chi connectivity index (χ0v) is 11.4. The smallest absolute Gasteiger partial charge is 0.199 e. The molecular weight excluding hydrogens is 246 g/mol. The Kier molecular flexibility index (Phi) is 4.11. The minimum Gasteiger partial charge on any atom is -0.354 e. The largest absolute Gasteiger partial charge is 0.354 e. The molecule has 1 aliphatic rings. The Balaban J connectivity index is 2.41. The first kappa shape index (κ1) is 12.8. The van der Waals surface area contributed by atoms with Crippen LogP contribution in [0.5, 0.6) is 0 Å². The van der Waals surface area contributed by atoms with Gasteiger partial charge >= 0.3 is 0 Å². The van der Waals surface area contributed by atoms with Crippen LogP contribution in [-0.2, 0) is 0 Å². The minimum atomic E-state index is 0.590. The van der Waals surface area contributed by atoms with Crippen LogP contribution >= 0.6 is 11.6 Å². The van der Waals surface area contributed by atoms with Gasteiger partial charge in [0.15, 0.2) is 5.96 Å². The van der Waals surface area contributed by atoms with Crippen LogP contribution in [0.1, 0.15) is 12.5 Å². The predicted octanol–water partition coefficient (Wildman–Crippen LogP) is 2.44. The van der Waals surface area contributed by atoms with Crippen molar-refractivity contribution < 1.29 is 0 Å². The maximum absolute atomic E-state index is 6.31. The van der Waals surface area contributed by atoms with Crippen molar-refractivity contribution in [2.45, 2.75) is 13.8 Å². The average molecular weight is 262 g/mol. The van der Waals surface area contributed by atoms with E-state index in [1.54, 1.807) is 0 Å². The second-order valence-electron chi connectivity index (χ2n) is 4.05. The Morgan fingerprint density at radius 1 is 1.50 bits per heavy atom. The van der Waals surface area contributed by atoms with Crippen LogP contribution in [0.15, 0.2) is 23.2 Å². The fourth-order valence-corrected chi connectivity index (χ4v) is 2.27. The van der Waals surface area contributed by atoms with E-state index in [9.17, 15) is 0 Å². The molecule has 0 aromatic heterocycles. The molecule has 0 spiro atoms. The van der Waals surface area contributed by atoms with Crippen LogP contribution in [0.4, 0.5) is 5.69 Å². The summed E-state index contributed by atoms with van der Waals surface area (Å²) in [6.07, 6.45) is 0. The Hall–Kier alpha value is -1.66. The van der Waals surface area contributed by atoms with Crippen LogP contribution in [0, 0.1) is 18.8 Å². The van der Waals surface area contributed by atoms with Gasteiger partial charge in [-0.3, -0.25) is 9.89 Å². The normalized spacial score (nSPS) is 13.4. The Bertz CT molecular complexity index is 505. The molecule has 0 atom stereocenters. The van der Waals surface area contributed by atoms with Gasteiger partial charge in [0.25, 0.3) is 0 Å². The minimum absolute atomic E-state index is 0.590. The summed E-state index contributed by atoms with van der Waals surface area (Å²) in [6, 6.07) is 5.89. The van der Waals surface area contributed by atoms with E-state index in [0.29, 0.717) is 6.54 Å². The summed E-state index contributed by atoms with van der Waals surface area (Å²) in [5.41, 5.74) is 2.10. The molecule has 0 fully saturated rings. The Morgan fingerprint density at radius 2 is 2.33 bits per heavy atom. The lowest BCUT2D eigenvalue weighted by molar-refractivity contribution is 0.946. The number of nitrogens with one attached hydrogen (secondary N) is 1. The molecule has 0 bridgehead atoms. The van der Waals surface area contributed by atoms with Gasteiger partial charge in [0.05, 0.1) is 23.8 Å². The van der Waals surface area contributed by atoms with Gasteiger partial charge in [-0.25, -0.2) is 0 Å². The van der Waals surface area contributed by atoms with Crippen LogP contribution in [0.3, 0.4) is 0 Å². The zero-order chi connectivity index (χ0) is 13.0. The Labute approximate surface area is 113 Å². The van der Waals surface area contributed by atoms with E-state index >= 15 is 0 Å². The van der Waals surface area contributed by atoms with E-state index in [4.69, 9.17) is 11.6 Å². The fraction of sp³-hybridized carbons (Fsp3) is 0.357. The number of halogens is 1. The van der Waals surface area contributed by atoms with E-state index in [-0.39, 0.29) is 0 Å². The van der Waals surface area contributed by atoms with Crippen LogP contribution in [0.2, 0.25) is 5.02 Å². The first-order valence-corrected chi connectivity index (χ1v) is 6.32. The molecule has 0 radical (unpaired) electrons. The third-order valence-corrected chi connectivity index (χ3v) is 3.09. The van der Waals surface area contributed by atoms with E-state index in [1.165, 1.54) is 0 Å². The van der Waals surface area contributed by atoms with Gasteiger partial charge in [-0.2, -0.15) is 0 Å². The molecule has 18 heavy (non-hydrogen) atoms. The molecule has 1 aliphatic heterocycles. The van der Waals surface area contributed by atoms with Crippen molar-refractivity contribution in [3.05, 3.63) is 28.8 Å². The molecule has 4 heteroatoms. The lowest BCUT2D eigenvalue weighted by Gasteiger charge is -2.25. The number of aryl methyl sites for hydroxylation is 1. The van der Waals surface area contributed by atoms with Crippen LogP contribution < -0.4 is 10.2 Å². The summed E-state index contributed by atoms with van der Waals surface area (Å²) in [4.78, 5) is 6.50. The van der Waals surface area contributed by atoms with Gasteiger partial charge < -0.3 is 5.32 Å². The number of hydrogen-bond acceptors (Lipinski definition) is 3. The summed E-state index contributed by atoms with van der Waals surface area (Å²) < 4.78 is 0. The number of hydrogen-bond donors (Lipinski definition) is 1. The highest BCUT2D eigenvalue weighted by atomic mass is 35.5. The van der Waals surface area contributed by atoms with Crippen molar-refractivity contribution in [2.75, 3.05) is 24.5 Å². The van der Waals surface area contributed by atoms with Gasteiger partial charge in [-0.15, -0.1) is 5.92 Å². The number of guanidine groups is 1. The molecular formula is C14H16ClN3. The molecule has 2 rings (SSSR count). The molecule has 0 saturated heterocycles. The van der Waals surface area contributed by atoms with Crippen molar-refractivity contribution in [2.24, 2.45) is 4.99 Å². The van der Waals surface area contributed by atoms with Crippen molar-refractivity contribution in [3.63, 3.8) is 0 Å². The lowest BCUT2D eigenvalue weighted by Crippen LogP contribution is -2.39. The highest BCUT2D eigenvalue weighted by molar-refractivity contribution is 6.34. The monoisotopic (exact) mass is 261 g/mol. The van der Waals surface area contributed by atoms with Gasteiger partial charge in [0.1, 0.15) is 0 Å². The molecule has 1 aromatic carbocycles. The Morgan fingerprint density at radius 3 is 2.94 bits per heavy atom. The molecule has 0 unspecified atom stereocenters. The second-order valence-corrected chi connectivity index (χ2v) is 4.46. The van der Waals surface area contributed by atoms with E-state index in [0.717, 1.165) is 35.3 Å². The molecule has 0 aliphatic carbocycles. The number of para-hydroxylation sites is 1. The van der Waals surface area contributed by atoms with Gasteiger partial charge in [-0.05, 0) is 25.5 Å². The van der Waals surface area contributed by atoms with Crippen LogP contribution in [-0.4, -0.2) is 25.6 Å². The summed E-state index contributed by atoms with van der Waals surface area (Å²) in [5, 5.41) is 3.99. The first-order valence-electron chi connectivity index (χ1n) is 5.94. The van der Waals surface area contributed by atoms with E-state index in [2.05, 4.69) is 22.2 Å². The molecule has 94 valence electrons. The average Bonchev–Trinajstić information content (AvgIpc) is 2.86. The molecule has 1 N–H and O–H groups in total. The van der Waals surface area contributed by atoms with Crippen molar-refractivity contribution in [1.29, 1.82) is 0 Å². The number of nitrogens with zero attached hydrogens (tertiary/aromatic N) is 2. The van der Waals surface area contributed by atoms with Crippen molar-refractivity contribution in [3.8, 4) is 11.8 Å². The van der Waals surface area contributed by atoms with Gasteiger partial charge in [0.2, 0.25) is 0 Å². The summed E-state index contributed by atoms with van der Waals surface area (Å²) in [7, 11) is 0. The second kappa shape index (κ2) is 5.79.